The first kappa shape index (κ1) is 27.6. The quantitative estimate of drug-likeness (QED) is 0.0695. The number of carboxylic acids is 2. The molecule has 2 aromatic heterocycles. The van der Waals surface area contributed by atoms with Crippen molar-refractivity contribution in [3.05, 3.63) is 46.9 Å². The first-order valence-corrected chi connectivity index (χ1v) is 12.6. The second-order valence-corrected chi connectivity index (χ2v) is 9.57. The van der Waals surface area contributed by atoms with E-state index in [0.29, 0.717) is 11.0 Å². The largest absolute Gasteiger partial charge is 0.508 e. The number of H-pyrrole nitrogens is 1. The molecule has 3 aromatic rings. The Morgan fingerprint density at radius 3 is 2.66 bits per heavy atom. The number of hydrogen-bond acceptors (Lipinski definition) is 14. The van der Waals surface area contributed by atoms with Gasteiger partial charge < -0.3 is 30.1 Å². The standard InChI is InChI=1S/C21H20N10O9S/c1-39-21(22-15(33)13(16(34)35)9-2-4-11(32)5-3-9)18(38)31-14(17(36)37)10(7-40-19(21)31)8-41-20-25-28-29-30(20)6-12-23-26-27-24-12/h2-5,13,19,32H,6-8H2,1H3,(H,22,33)(H,34,35)(H,36,37)(H,23,24,26,27)/t13?,19?,21-/m1/s1. The molecule has 2 amide bonds. The molecule has 41 heavy (non-hydrogen) atoms. The van der Waals surface area contributed by atoms with E-state index >= 15 is 0 Å². The summed E-state index contributed by atoms with van der Waals surface area (Å²) in [6, 6.07) is 4.90. The fourth-order valence-corrected chi connectivity index (χ4v) is 5.18. The first-order valence-electron chi connectivity index (χ1n) is 11.6. The number of aromatic nitrogens is 8. The van der Waals surface area contributed by atoms with Gasteiger partial charge in [0.15, 0.2) is 18.0 Å². The highest BCUT2D eigenvalue weighted by atomic mass is 32.2. The Balaban J connectivity index is 1.35. The Morgan fingerprint density at radius 2 is 2.02 bits per heavy atom. The van der Waals surface area contributed by atoms with E-state index in [1.165, 1.54) is 28.9 Å². The minimum absolute atomic E-state index is 0.0129. The van der Waals surface area contributed by atoms with Gasteiger partial charge in [0.1, 0.15) is 18.0 Å². The van der Waals surface area contributed by atoms with E-state index in [4.69, 9.17) is 9.47 Å². The molecule has 1 saturated heterocycles. The Labute approximate surface area is 232 Å². The van der Waals surface area contributed by atoms with Crippen LogP contribution in [0.3, 0.4) is 0 Å². The third-order valence-electron chi connectivity index (χ3n) is 6.23. The van der Waals surface area contributed by atoms with Gasteiger partial charge in [0.2, 0.25) is 11.1 Å². The maximum absolute atomic E-state index is 13.3. The maximum Gasteiger partial charge on any atom is 0.352 e. The van der Waals surface area contributed by atoms with Crippen molar-refractivity contribution in [3.63, 3.8) is 0 Å². The number of tetrazole rings is 2. The summed E-state index contributed by atoms with van der Waals surface area (Å²) in [6.07, 6.45) is -1.40. The number of fused-ring (bicyclic) bond motifs is 1. The Hall–Kier alpha value is -4.95. The molecule has 1 aromatic carbocycles. The van der Waals surface area contributed by atoms with Crippen molar-refractivity contribution in [2.75, 3.05) is 19.5 Å². The van der Waals surface area contributed by atoms with Gasteiger partial charge in [-0.05, 0) is 33.7 Å². The normalized spacial score (nSPS) is 20.8. The van der Waals surface area contributed by atoms with Gasteiger partial charge >= 0.3 is 11.9 Å². The molecule has 0 aliphatic carbocycles. The summed E-state index contributed by atoms with van der Waals surface area (Å²) in [5.74, 6) is -6.64. The molecule has 0 radical (unpaired) electrons. The van der Waals surface area contributed by atoms with Crippen molar-refractivity contribution in [3.8, 4) is 5.75 Å². The Bertz CT molecular complexity index is 1530. The van der Waals surface area contributed by atoms with Crippen molar-refractivity contribution < 1.29 is 44.0 Å². The number of ether oxygens (including phenoxy) is 2. The minimum atomic E-state index is -2.18. The van der Waals surface area contributed by atoms with Crippen LogP contribution in [-0.4, -0.2) is 116 Å². The van der Waals surface area contributed by atoms with Gasteiger partial charge in [-0.25, -0.2) is 9.48 Å². The number of aromatic amines is 1. The van der Waals surface area contributed by atoms with Crippen LogP contribution in [0.25, 0.3) is 0 Å². The second-order valence-electron chi connectivity index (χ2n) is 8.62. The van der Waals surface area contributed by atoms with E-state index in [1.807, 2.05) is 0 Å². The summed E-state index contributed by atoms with van der Waals surface area (Å²) >= 11 is 1.07. The average Bonchev–Trinajstić information content (AvgIpc) is 3.63. The number of nitrogens with one attached hydrogen (secondary N) is 2. The second kappa shape index (κ2) is 10.9. The molecule has 0 saturated carbocycles. The van der Waals surface area contributed by atoms with Crippen molar-refractivity contribution in [2.24, 2.45) is 0 Å². The molecule has 2 aliphatic rings. The zero-order chi connectivity index (χ0) is 29.3. The van der Waals surface area contributed by atoms with Gasteiger partial charge in [0, 0.05) is 12.9 Å². The van der Waals surface area contributed by atoms with Crippen molar-refractivity contribution in [1.29, 1.82) is 0 Å². The van der Waals surface area contributed by atoms with Crippen LogP contribution < -0.4 is 5.32 Å². The molecule has 214 valence electrons. The summed E-state index contributed by atoms with van der Waals surface area (Å²) in [6.45, 7) is -0.172. The summed E-state index contributed by atoms with van der Waals surface area (Å²) < 4.78 is 12.4. The lowest BCUT2D eigenvalue weighted by atomic mass is 9.92. The molecular weight excluding hydrogens is 568 g/mol. The summed E-state index contributed by atoms with van der Waals surface area (Å²) in [5, 5.41) is 56.5. The monoisotopic (exact) mass is 588 g/mol. The van der Waals surface area contributed by atoms with Crippen LogP contribution in [0, 0.1) is 0 Å². The molecule has 19 nitrogen and oxygen atoms in total. The number of phenolic OH excluding ortho intramolecular Hbond substituents is 1. The number of hydrogen-bond donors (Lipinski definition) is 5. The predicted octanol–water partition coefficient (Wildman–Crippen LogP) is -2.10. The summed E-state index contributed by atoms with van der Waals surface area (Å²) in [4.78, 5) is 51.4. The topological polar surface area (TPSA) is 261 Å². The number of β-lactam (4-membered cyclic amide) rings is 1. The SMILES string of the molecule is CO[C@]1(NC(=O)C(C(=O)O)c2ccc(O)cc2)C(=O)N2C(C(=O)O)=C(CSc3nnnn3Cc3nn[nH]n3)COC21. The van der Waals surface area contributed by atoms with Crippen molar-refractivity contribution in [1.82, 2.24) is 51.0 Å². The molecule has 4 heterocycles. The molecule has 20 heteroatoms. The number of carbonyl (C=O) groups excluding carboxylic acids is 2. The first-order chi connectivity index (χ1) is 19.7. The van der Waals surface area contributed by atoms with E-state index in [2.05, 4.69) is 41.5 Å². The number of carbonyl (C=O) groups is 4. The smallest absolute Gasteiger partial charge is 0.352 e. The molecule has 1 fully saturated rings. The molecule has 2 unspecified atom stereocenters. The molecule has 3 atom stereocenters. The molecule has 5 rings (SSSR count). The number of amides is 2. The average molecular weight is 589 g/mol. The number of phenols is 1. The van der Waals surface area contributed by atoms with Gasteiger partial charge in [0.25, 0.3) is 11.6 Å². The zero-order valence-electron chi connectivity index (χ0n) is 20.9. The van der Waals surface area contributed by atoms with Crippen LogP contribution in [-0.2, 0) is 35.2 Å². The minimum Gasteiger partial charge on any atom is -0.508 e. The maximum atomic E-state index is 13.3. The van der Waals surface area contributed by atoms with E-state index in [9.17, 15) is 34.5 Å². The Kier molecular flexibility index (Phi) is 7.34. The summed E-state index contributed by atoms with van der Waals surface area (Å²) in [5.41, 5.74) is -2.33. The van der Waals surface area contributed by atoms with Crippen LogP contribution >= 0.6 is 11.8 Å². The fraction of sp³-hybridized carbons (Fsp3) is 0.333. The van der Waals surface area contributed by atoms with Gasteiger partial charge in [-0.1, -0.05) is 29.1 Å². The number of nitrogens with zero attached hydrogens (tertiary/aromatic N) is 8. The third kappa shape index (κ3) is 4.94. The zero-order valence-corrected chi connectivity index (χ0v) is 21.7. The van der Waals surface area contributed by atoms with Crippen LogP contribution in [0.2, 0.25) is 0 Å². The predicted molar refractivity (Wildman–Crippen MR) is 129 cm³/mol. The van der Waals surface area contributed by atoms with E-state index < -0.39 is 41.6 Å². The highest BCUT2D eigenvalue weighted by Gasteiger charge is 2.68. The lowest BCUT2D eigenvalue weighted by molar-refractivity contribution is -0.258. The number of benzene rings is 1. The van der Waals surface area contributed by atoms with Gasteiger partial charge in [0.05, 0.1) is 6.61 Å². The van der Waals surface area contributed by atoms with Gasteiger partial charge in [-0.3, -0.25) is 19.3 Å². The lowest BCUT2D eigenvalue weighted by Gasteiger charge is -2.55. The van der Waals surface area contributed by atoms with E-state index in [0.717, 1.165) is 23.8 Å². The van der Waals surface area contributed by atoms with Crippen LogP contribution in [0.1, 0.15) is 17.3 Å². The third-order valence-corrected chi connectivity index (χ3v) is 7.28. The number of rotatable bonds is 11. The van der Waals surface area contributed by atoms with Crippen molar-refractivity contribution in [2.45, 2.75) is 29.6 Å². The Morgan fingerprint density at radius 1 is 1.27 bits per heavy atom. The number of aliphatic carboxylic acids is 2. The van der Waals surface area contributed by atoms with Crippen LogP contribution in [0.15, 0.2) is 40.7 Å². The van der Waals surface area contributed by atoms with E-state index in [1.54, 1.807) is 0 Å². The van der Waals surface area contributed by atoms with Gasteiger partial charge in [-0.2, -0.15) is 5.21 Å². The van der Waals surface area contributed by atoms with Crippen LogP contribution in [0.5, 0.6) is 5.75 Å². The molecule has 5 N–H and O–H groups in total. The van der Waals surface area contributed by atoms with Crippen molar-refractivity contribution >= 4 is 35.5 Å². The van der Waals surface area contributed by atoms with Crippen LogP contribution in [0.4, 0.5) is 0 Å². The highest BCUT2D eigenvalue weighted by molar-refractivity contribution is 7.99. The van der Waals surface area contributed by atoms with Gasteiger partial charge in [-0.15, -0.1) is 15.3 Å². The molecule has 2 aliphatic heterocycles. The number of carboxylic acid groups (broad SMARTS) is 2. The van der Waals surface area contributed by atoms with E-state index in [-0.39, 0.29) is 41.5 Å². The molecular formula is C21H20N10O9S. The fourth-order valence-electron chi connectivity index (χ4n) is 4.32. The molecule has 0 bridgehead atoms. The number of methoxy groups -OCH3 is 1. The number of thioether (sulfide) groups is 1. The highest BCUT2D eigenvalue weighted by Crippen LogP contribution is 2.41. The summed E-state index contributed by atoms with van der Waals surface area (Å²) in [7, 11) is 1.09. The molecule has 0 spiro atoms. The lowest BCUT2D eigenvalue weighted by Crippen LogP contribution is -2.82. The number of aromatic hydroxyl groups is 1.